The first kappa shape index (κ1) is 19.7. The molecule has 1 saturated heterocycles. The average Bonchev–Trinajstić information content (AvgIpc) is 2.67. The number of piperidine rings is 1. The molecule has 1 aromatic carbocycles. The quantitative estimate of drug-likeness (QED) is 0.812. The van der Waals surface area contributed by atoms with Crippen molar-refractivity contribution < 1.29 is 14.3 Å². The molecule has 1 aromatic rings. The highest BCUT2D eigenvalue weighted by molar-refractivity contribution is 5.95. The van der Waals surface area contributed by atoms with Crippen LogP contribution in [0.15, 0.2) is 24.3 Å². The fraction of sp³-hybridized carbons (Fsp3) is 0.526. The van der Waals surface area contributed by atoms with Crippen LogP contribution in [0.5, 0.6) is 0 Å². The maximum Gasteiger partial charge on any atom is 0.317 e. The minimum Gasteiger partial charge on any atom is -0.385 e. The highest BCUT2D eigenvalue weighted by atomic mass is 16.5. The normalized spacial score (nSPS) is 15.8. The van der Waals surface area contributed by atoms with Crippen LogP contribution in [-0.2, 0) is 4.74 Å². The molecule has 3 amide bonds. The summed E-state index contributed by atoms with van der Waals surface area (Å²) in [4.78, 5) is 26.5. The van der Waals surface area contributed by atoms with E-state index in [1.54, 1.807) is 36.3 Å². The van der Waals surface area contributed by atoms with Crippen LogP contribution in [0.3, 0.4) is 0 Å². The third-order valence-corrected chi connectivity index (χ3v) is 4.75. The van der Waals surface area contributed by atoms with E-state index in [0.717, 1.165) is 0 Å². The molecule has 1 aliphatic heterocycles. The predicted octanol–water partition coefficient (Wildman–Crippen LogP) is 1.89. The molecule has 1 aliphatic rings. The molecule has 0 atom stereocenters. The first-order chi connectivity index (χ1) is 12.5. The number of hydrogen-bond acceptors (Lipinski definition) is 4. The van der Waals surface area contributed by atoms with Crippen molar-refractivity contribution in [1.82, 2.24) is 15.5 Å². The first-order valence-electron chi connectivity index (χ1n) is 8.88. The Kier molecular flexibility index (Phi) is 6.98. The van der Waals surface area contributed by atoms with E-state index in [1.165, 1.54) is 0 Å². The molecule has 0 bridgehead atoms. The summed E-state index contributed by atoms with van der Waals surface area (Å²) >= 11 is 0. The van der Waals surface area contributed by atoms with Gasteiger partial charge in [-0.3, -0.25) is 4.79 Å². The zero-order valence-corrected chi connectivity index (χ0v) is 15.4. The van der Waals surface area contributed by atoms with Gasteiger partial charge in [0, 0.05) is 44.5 Å². The van der Waals surface area contributed by atoms with Crippen LogP contribution in [0.2, 0.25) is 0 Å². The summed E-state index contributed by atoms with van der Waals surface area (Å²) in [5, 5.41) is 15.0. The lowest BCUT2D eigenvalue weighted by Crippen LogP contribution is -2.57. The van der Waals surface area contributed by atoms with Crippen LogP contribution in [0, 0.1) is 11.3 Å². The standard InChI is InChI=1S/C19H26N4O3/c1-3-21-18(25)23-10-7-19(8-11-23,9-12-26-2)22-17(24)16-6-4-5-15(13-16)14-20/h4-6,13H,3,7-12H2,1-2H3,(H,21,25)(H,22,24). The van der Waals surface area contributed by atoms with Gasteiger partial charge in [0.05, 0.1) is 11.6 Å². The number of rotatable bonds is 6. The van der Waals surface area contributed by atoms with E-state index in [2.05, 4.69) is 10.6 Å². The average molecular weight is 358 g/mol. The second kappa shape index (κ2) is 9.20. The Balaban J connectivity index is 2.08. The maximum atomic E-state index is 12.7. The van der Waals surface area contributed by atoms with E-state index < -0.39 is 5.54 Å². The number of ether oxygens (including phenoxy) is 1. The fourth-order valence-corrected chi connectivity index (χ4v) is 3.18. The predicted molar refractivity (Wildman–Crippen MR) is 97.7 cm³/mol. The van der Waals surface area contributed by atoms with Gasteiger partial charge in [0.2, 0.25) is 0 Å². The molecule has 1 heterocycles. The molecule has 7 heteroatoms. The van der Waals surface area contributed by atoms with Gasteiger partial charge in [-0.2, -0.15) is 5.26 Å². The minimum absolute atomic E-state index is 0.0686. The number of urea groups is 1. The molecule has 0 unspecified atom stereocenters. The van der Waals surface area contributed by atoms with E-state index >= 15 is 0 Å². The van der Waals surface area contributed by atoms with Crippen LogP contribution in [0.25, 0.3) is 0 Å². The zero-order valence-electron chi connectivity index (χ0n) is 15.4. The Morgan fingerprint density at radius 2 is 2.08 bits per heavy atom. The molecular weight excluding hydrogens is 332 g/mol. The van der Waals surface area contributed by atoms with E-state index in [9.17, 15) is 9.59 Å². The number of nitriles is 1. The fourth-order valence-electron chi connectivity index (χ4n) is 3.18. The Morgan fingerprint density at radius 1 is 1.35 bits per heavy atom. The molecule has 26 heavy (non-hydrogen) atoms. The van der Waals surface area contributed by atoms with Crippen molar-refractivity contribution in [1.29, 1.82) is 5.26 Å². The van der Waals surface area contributed by atoms with Crippen LogP contribution in [0.1, 0.15) is 42.1 Å². The number of amides is 3. The van der Waals surface area contributed by atoms with Crippen molar-refractivity contribution in [2.45, 2.75) is 31.7 Å². The van der Waals surface area contributed by atoms with Gasteiger partial charge in [-0.25, -0.2) is 4.79 Å². The van der Waals surface area contributed by atoms with Gasteiger partial charge in [-0.15, -0.1) is 0 Å². The van der Waals surface area contributed by atoms with Crippen LogP contribution in [-0.4, -0.2) is 55.7 Å². The summed E-state index contributed by atoms with van der Waals surface area (Å²) in [6.07, 6.45) is 2.00. The van der Waals surface area contributed by atoms with Crippen LogP contribution < -0.4 is 10.6 Å². The van der Waals surface area contributed by atoms with Crippen molar-refractivity contribution in [3.8, 4) is 6.07 Å². The van der Waals surface area contributed by atoms with Crippen molar-refractivity contribution in [2.24, 2.45) is 0 Å². The Bertz CT molecular complexity index is 676. The number of nitrogens with one attached hydrogen (secondary N) is 2. The largest absolute Gasteiger partial charge is 0.385 e. The lowest BCUT2D eigenvalue weighted by atomic mass is 9.84. The number of hydrogen-bond donors (Lipinski definition) is 2. The molecule has 0 spiro atoms. The van der Waals surface area contributed by atoms with Gasteiger partial charge in [-0.05, 0) is 44.4 Å². The second-order valence-electron chi connectivity index (χ2n) is 6.49. The number of carbonyl (C=O) groups excluding carboxylic acids is 2. The van der Waals surface area contributed by atoms with E-state index in [4.69, 9.17) is 10.00 Å². The third kappa shape index (κ3) is 4.96. The van der Waals surface area contributed by atoms with E-state index in [-0.39, 0.29) is 11.9 Å². The molecule has 0 saturated carbocycles. The lowest BCUT2D eigenvalue weighted by molar-refractivity contribution is 0.0746. The molecule has 1 fully saturated rings. The van der Waals surface area contributed by atoms with Gasteiger partial charge >= 0.3 is 6.03 Å². The van der Waals surface area contributed by atoms with E-state index in [1.807, 2.05) is 13.0 Å². The van der Waals surface area contributed by atoms with E-state index in [0.29, 0.717) is 56.6 Å². The molecule has 2 N–H and O–H groups in total. The topological polar surface area (TPSA) is 94.5 Å². The summed E-state index contributed by atoms with van der Waals surface area (Å²) in [5.41, 5.74) is 0.500. The summed E-state index contributed by atoms with van der Waals surface area (Å²) in [6, 6.07) is 8.64. The Labute approximate surface area is 154 Å². The van der Waals surface area contributed by atoms with Crippen LogP contribution >= 0.6 is 0 Å². The van der Waals surface area contributed by atoms with Crippen molar-refractivity contribution in [2.75, 3.05) is 33.4 Å². The number of nitrogens with zero attached hydrogens (tertiary/aromatic N) is 2. The Morgan fingerprint density at radius 3 is 2.69 bits per heavy atom. The summed E-state index contributed by atoms with van der Waals surface area (Å²) in [7, 11) is 1.63. The second-order valence-corrected chi connectivity index (χ2v) is 6.49. The lowest BCUT2D eigenvalue weighted by Gasteiger charge is -2.42. The number of likely N-dealkylation sites (tertiary alicyclic amines) is 1. The SMILES string of the molecule is CCNC(=O)N1CCC(CCOC)(NC(=O)c2cccc(C#N)c2)CC1. The van der Waals surface area contributed by atoms with Gasteiger partial charge in [0.1, 0.15) is 0 Å². The maximum absolute atomic E-state index is 12.7. The molecule has 7 nitrogen and oxygen atoms in total. The third-order valence-electron chi connectivity index (χ3n) is 4.75. The zero-order chi connectivity index (χ0) is 19.0. The van der Waals surface area contributed by atoms with Gasteiger partial charge in [0.25, 0.3) is 5.91 Å². The van der Waals surface area contributed by atoms with Gasteiger partial charge < -0.3 is 20.3 Å². The van der Waals surface area contributed by atoms with Crippen molar-refractivity contribution in [3.63, 3.8) is 0 Å². The Hall–Kier alpha value is -2.59. The molecule has 0 aliphatic carbocycles. The molecule has 140 valence electrons. The summed E-state index contributed by atoms with van der Waals surface area (Å²) < 4.78 is 5.22. The first-order valence-corrected chi connectivity index (χ1v) is 8.88. The monoisotopic (exact) mass is 358 g/mol. The molecular formula is C19H26N4O3. The summed E-state index contributed by atoms with van der Waals surface area (Å²) in [5.74, 6) is -0.204. The number of benzene rings is 1. The highest BCUT2D eigenvalue weighted by Crippen LogP contribution is 2.27. The molecule has 0 radical (unpaired) electrons. The molecule has 2 rings (SSSR count). The smallest absolute Gasteiger partial charge is 0.317 e. The van der Waals surface area contributed by atoms with Crippen molar-refractivity contribution >= 4 is 11.9 Å². The van der Waals surface area contributed by atoms with Gasteiger partial charge in [0.15, 0.2) is 0 Å². The minimum atomic E-state index is -0.418. The molecule has 0 aromatic heterocycles. The highest BCUT2D eigenvalue weighted by Gasteiger charge is 2.37. The number of methoxy groups -OCH3 is 1. The van der Waals surface area contributed by atoms with Gasteiger partial charge in [-0.1, -0.05) is 6.07 Å². The number of carbonyl (C=O) groups is 2. The summed E-state index contributed by atoms with van der Waals surface area (Å²) in [6.45, 7) is 4.16. The van der Waals surface area contributed by atoms with Crippen molar-refractivity contribution in [3.05, 3.63) is 35.4 Å². The van der Waals surface area contributed by atoms with Crippen LogP contribution in [0.4, 0.5) is 4.79 Å².